The third-order valence-corrected chi connectivity index (χ3v) is 3.51. The highest BCUT2D eigenvalue weighted by Gasteiger charge is 2.09. The Morgan fingerprint density at radius 3 is 2.81 bits per heavy atom. The van der Waals surface area contributed by atoms with Crippen LogP contribution in [0.15, 0.2) is 27.9 Å². The molecule has 0 spiro atoms. The minimum atomic E-state index is 0.00497. The zero-order valence-corrected chi connectivity index (χ0v) is 13.1. The highest BCUT2D eigenvalue weighted by atomic mass is 32.2. The number of carbonyl (C=O) groups is 1. The maximum Gasteiger partial charge on any atom is 0.259 e. The first kappa shape index (κ1) is 15.5. The van der Waals surface area contributed by atoms with Crippen molar-refractivity contribution in [3.63, 3.8) is 0 Å². The lowest BCUT2D eigenvalue weighted by atomic mass is 10.3. The maximum absolute atomic E-state index is 11.6. The molecule has 2 aromatic rings. The second kappa shape index (κ2) is 7.21. The molecule has 1 amide bonds. The average molecular weight is 306 g/mol. The molecule has 2 heterocycles. The molecule has 0 aromatic carbocycles. The van der Waals surface area contributed by atoms with Crippen molar-refractivity contribution in [1.29, 1.82) is 0 Å². The van der Waals surface area contributed by atoms with E-state index >= 15 is 0 Å². The van der Waals surface area contributed by atoms with Gasteiger partial charge in [-0.15, -0.1) is 0 Å². The predicted molar refractivity (Wildman–Crippen MR) is 80.9 cm³/mol. The third-order valence-electron chi connectivity index (χ3n) is 2.57. The number of nitrogens with zero attached hydrogens (tertiary/aromatic N) is 3. The van der Waals surface area contributed by atoms with Crippen molar-refractivity contribution in [1.82, 2.24) is 20.4 Å². The number of hydrogen-bond donors (Lipinski definition) is 1. The van der Waals surface area contributed by atoms with Gasteiger partial charge < -0.3 is 9.84 Å². The molecule has 0 aliphatic heterocycles. The van der Waals surface area contributed by atoms with Gasteiger partial charge in [-0.2, -0.15) is 4.98 Å². The lowest BCUT2D eigenvalue weighted by molar-refractivity contribution is -0.119. The summed E-state index contributed by atoms with van der Waals surface area (Å²) in [7, 11) is 0. The highest BCUT2D eigenvalue weighted by molar-refractivity contribution is 7.99. The number of amides is 1. The van der Waals surface area contributed by atoms with Crippen molar-refractivity contribution >= 4 is 17.7 Å². The van der Waals surface area contributed by atoms with E-state index in [2.05, 4.69) is 20.4 Å². The summed E-state index contributed by atoms with van der Waals surface area (Å²) in [6.45, 7) is 5.84. The Hall–Kier alpha value is -1.89. The van der Waals surface area contributed by atoms with Crippen LogP contribution in [0.1, 0.15) is 26.6 Å². The second-order valence-corrected chi connectivity index (χ2v) is 5.76. The van der Waals surface area contributed by atoms with Gasteiger partial charge in [-0.3, -0.25) is 4.79 Å². The Balaban J connectivity index is 1.94. The van der Waals surface area contributed by atoms with Crippen molar-refractivity contribution in [3.8, 4) is 11.5 Å². The van der Waals surface area contributed by atoms with Crippen LogP contribution in [0, 0.1) is 0 Å². The lowest BCUT2D eigenvalue weighted by Crippen LogP contribution is -2.31. The number of carbonyl (C=O) groups excluding carboxylic acids is 1. The van der Waals surface area contributed by atoms with Crippen molar-refractivity contribution < 1.29 is 9.32 Å². The molecule has 0 atom stereocenters. The molecule has 112 valence electrons. The highest BCUT2D eigenvalue weighted by Crippen LogP contribution is 2.20. The summed E-state index contributed by atoms with van der Waals surface area (Å²) >= 11 is 1.39. The molecule has 0 saturated heterocycles. The van der Waals surface area contributed by atoms with Crippen LogP contribution >= 0.6 is 11.8 Å². The van der Waals surface area contributed by atoms with Crippen LogP contribution in [0.2, 0.25) is 0 Å². The zero-order valence-electron chi connectivity index (χ0n) is 12.3. The molecule has 0 radical (unpaired) electrons. The van der Waals surface area contributed by atoms with Crippen molar-refractivity contribution in [3.05, 3.63) is 24.2 Å². The number of nitrogens with one attached hydrogen (secondary N) is 1. The summed E-state index contributed by atoms with van der Waals surface area (Å²) in [6.07, 6.45) is 2.41. The molecule has 21 heavy (non-hydrogen) atoms. The quantitative estimate of drug-likeness (QED) is 0.825. The molecule has 0 unspecified atom stereocenters. The van der Waals surface area contributed by atoms with E-state index < -0.39 is 0 Å². The summed E-state index contributed by atoms with van der Waals surface area (Å²) in [5.74, 6) is 1.50. The minimum Gasteiger partial charge on any atom is -0.353 e. The standard InChI is InChI=1S/C14H18N4O2S/c1-4-11-17-14(20-18-11)10-5-6-13(15-7-10)21-8-12(19)16-9(2)3/h5-7,9H,4,8H2,1-3H3,(H,16,19). The van der Waals surface area contributed by atoms with Crippen LogP contribution in [0.5, 0.6) is 0 Å². The Labute approximate surface area is 127 Å². The number of aryl methyl sites for hydroxylation is 1. The van der Waals surface area contributed by atoms with Crippen LogP contribution in [0.4, 0.5) is 0 Å². The maximum atomic E-state index is 11.6. The number of aromatic nitrogens is 3. The fraction of sp³-hybridized carbons (Fsp3) is 0.429. The lowest BCUT2D eigenvalue weighted by Gasteiger charge is -2.07. The van der Waals surface area contributed by atoms with Crippen molar-refractivity contribution in [2.24, 2.45) is 0 Å². The van der Waals surface area contributed by atoms with Gasteiger partial charge in [0.05, 0.1) is 16.3 Å². The normalized spacial score (nSPS) is 10.9. The molecule has 2 aromatic heterocycles. The molecule has 2 rings (SSSR count). The van der Waals surface area contributed by atoms with Gasteiger partial charge >= 0.3 is 0 Å². The fourth-order valence-electron chi connectivity index (χ4n) is 1.61. The summed E-state index contributed by atoms with van der Waals surface area (Å²) in [6, 6.07) is 3.86. The average Bonchev–Trinajstić information content (AvgIpc) is 2.94. The smallest absolute Gasteiger partial charge is 0.259 e. The van der Waals surface area contributed by atoms with Gasteiger partial charge in [0.2, 0.25) is 5.91 Å². The monoisotopic (exact) mass is 306 g/mol. The Kier molecular flexibility index (Phi) is 5.32. The molecule has 0 aliphatic carbocycles. The Morgan fingerprint density at radius 1 is 1.43 bits per heavy atom. The molecule has 6 nitrogen and oxygen atoms in total. The van der Waals surface area contributed by atoms with Crippen LogP contribution in [-0.4, -0.2) is 32.8 Å². The van der Waals surface area contributed by atoms with Gasteiger partial charge in [0.1, 0.15) is 0 Å². The van der Waals surface area contributed by atoms with E-state index in [-0.39, 0.29) is 11.9 Å². The summed E-state index contributed by atoms with van der Waals surface area (Å²) in [5.41, 5.74) is 0.776. The first-order chi connectivity index (χ1) is 10.1. The fourth-order valence-corrected chi connectivity index (χ4v) is 2.26. The third kappa shape index (κ3) is 4.56. The van der Waals surface area contributed by atoms with E-state index in [0.717, 1.165) is 17.0 Å². The number of rotatable bonds is 6. The molecule has 0 saturated carbocycles. The van der Waals surface area contributed by atoms with E-state index in [1.54, 1.807) is 6.20 Å². The van der Waals surface area contributed by atoms with E-state index in [9.17, 15) is 4.79 Å². The van der Waals surface area contributed by atoms with Crippen LogP contribution in [0.25, 0.3) is 11.5 Å². The number of hydrogen-bond acceptors (Lipinski definition) is 6. The van der Waals surface area contributed by atoms with Gasteiger partial charge in [0.15, 0.2) is 5.82 Å². The number of pyridine rings is 1. The minimum absolute atomic E-state index is 0.00497. The largest absolute Gasteiger partial charge is 0.353 e. The predicted octanol–water partition coefficient (Wildman–Crippen LogP) is 2.31. The first-order valence-corrected chi connectivity index (χ1v) is 7.78. The molecular weight excluding hydrogens is 288 g/mol. The Bertz CT molecular complexity index is 595. The van der Waals surface area contributed by atoms with Gasteiger partial charge in [-0.1, -0.05) is 23.8 Å². The summed E-state index contributed by atoms with van der Waals surface area (Å²) in [4.78, 5) is 20.1. The molecular formula is C14H18N4O2S. The van der Waals surface area contributed by atoms with Crippen LogP contribution < -0.4 is 5.32 Å². The topological polar surface area (TPSA) is 80.9 Å². The summed E-state index contributed by atoms with van der Waals surface area (Å²) in [5, 5.41) is 7.47. The molecule has 0 aliphatic rings. The van der Waals surface area contributed by atoms with E-state index in [0.29, 0.717) is 17.5 Å². The van der Waals surface area contributed by atoms with Crippen LogP contribution in [-0.2, 0) is 11.2 Å². The van der Waals surface area contributed by atoms with Crippen molar-refractivity contribution in [2.45, 2.75) is 38.3 Å². The molecule has 0 bridgehead atoms. The van der Waals surface area contributed by atoms with Crippen molar-refractivity contribution in [2.75, 3.05) is 5.75 Å². The van der Waals surface area contributed by atoms with Crippen LogP contribution in [0.3, 0.4) is 0 Å². The number of thioether (sulfide) groups is 1. The SMILES string of the molecule is CCc1noc(-c2ccc(SCC(=O)NC(C)C)nc2)n1. The Morgan fingerprint density at radius 2 is 2.24 bits per heavy atom. The van der Waals surface area contributed by atoms with Gasteiger partial charge in [0, 0.05) is 18.7 Å². The van der Waals surface area contributed by atoms with Gasteiger partial charge in [-0.25, -0.2) is 4.98 Å². The van der Waals surface area contributed by atoms with Gasteiger partial charge in [0.25, 0.3) is 5.89 Å². The zero-order chi connectivity index (χ0) is 15.2. The van der Waals surface area contributed by atoms with E-state index in [1.807, 2.05) is 32.9 Å². The molecule has 7 heteroatoms. The molecule has 0 fully saturated rings. The van der Waals surface area contributed by atoms with E-state index in [1.165, 1.54) is 11.8 Å². The van der Waals surface area contributed by atoms with E-state index in [4.69, 9.17) is 4.52 Å². The molecule has 1 N–H and O–H groups in total. The summed E-state index contributed by atoms with van der Waals surface area (Å²) < 4.78 is 5.15. The first-order valence-electron chi connectivity index (χ1n) is 6.79. The second-order valence-electron chi connectivity index (χ2n) is 4.77. The van der Waals surface area contributed by atoms with Gasteiger partial charge in [-0.05, 0) is 26.0 Å².